The van der Waals surface area contributed by atoms with Crippen molar-refractivity contribution in [2.45, 2.75) is 46.5 Å². The van der Waals surface area contributed by atoms with Gasteiger partial charge in [-0.15, -0.1) is 11.3 Å². The SMILES string of the molecule is CC(=O)N1CCCC(c2nc(C)cc(Nc3nc(C)c(C)s3)n2)C1. The van der Waals surface area contributed by atoms with E-state index in [4.69, 9.17) is 4.98 Å². The molecule has 3 rings (SSSR count). The Morgan fingerprint density at radius 3 is 2.75 bits per heavy atom. The Kier molecular flexibility index (Phi) is 4.80. The van der Waals surface area contributed by atoms with Crippen LogP contribution >= 0.6 is 11.3 Å². The van der Waals surface area contributed by atoms with Gasteiger partial charge in [0.2, 0.25) is 5.91 Å². The van der Waals surface area contributed by atoms with Gasteiger partial charge in [-0.05, 0) is 33.6 Å². The number of likely N-dealkylation sites (tertiary alicyclic amines) is 1. The zero-order valence-corrected chi connectivity index (χ0v) is 15.4. The number of piperidine rings is 1. The van der Waals surface area contributed by atoms with Gasteiger partial charge in [-0.25, -0.2) is 15.0 Å². The summed E-state index contributed by atoms with van der Waals surface area (Å²) in [6, 6.07) is 1.93. The Bertz CT molecular complexity index is 738. The number of rotatable bonds is 3. The summed E-state index contributed by atoms with van der Waals surface area (Å²) in [5.74, 6) is 1.90. The van der Waals surface area contributed by atoms with Crippen molar-refractivity contribution in [3.05, 3.63) is 28.2 Å². The molecule has 128 valence electrons. The maximum atomic E-state index is 11.7. The summed E-state index contributed by atoms with van der Waals surface area (Å²) in [7, 11) is 0. The Morgan fingerprint density at radius 1 is 1.29 bits per heavy atom. The lowest BCUT2D eigenvalue weighted by Gasteiger charge is -2.31. The summed E-state index contributed by atoms with van der Waals surface area (Å²) in [5.41, 5.74) is 1.96. The minimum absolute atomic E-state index is 0.124. The second-order valence-corrected chi connectivity index (χ2v) is 7.55. The molecule has 1 N–H and O–H groups in total. The van der Waals surface area contributed by atoms with E-state index in [-0.39, 0.29) is 11.8 Å². The highest BCUT2D eigenvalue weighted by Gasteiger charge is 2.25. The molecule has 3 heterocycles. The number of aromatic nitrogens is 3. The van der Waals surface area contributed by atoms with E-state index in [2.05, 4.69) is 22.2 Å². The molecule has 2 aromatic rings. The highest BCUT2D eigenvalue weighted by molar-refractivity contribution is 7.15. The van der Waals surface area contributed by atoms with Crippen LogP contribution < -0.4 is 5.32 Å². The lowest BCUT2D eigenvalue weighted by molar-refractivity contribution is -0.130. The molecule has 7 heteroatoms. The standard InChI is InChI=1S/C17H23N5OS/c1-10-8-15(21-17-19-11(2)12(3)24-17)20-16(18-10)14-6-5-7-22(9-14)13(4)23/h8,14H,5-7,9H2,1-4H3,(H,18,19,20,21). The highest BCUT2D eigenvalue weighted by Crippen LogP contribution is 2.28. The zero-order valence-electron chi connectivity index (χ0n) is 14.6. The third-order valence-electron chi connectivity index (χ3n) is 4.37. The number of hydrogen-bond donors (Lipinski definition) is 1. The molecule has 1 saturated heterocycles. The minimum Gasteiger partial charge on any atom is -0.342 e. The monoisotopic (exact) mass is 345 g/mol. The first-order chi connectivity index (χ1) is 11.4. The maximum absolute atomic E-state index is 11.7. The van der Waals surface area contributed by atoms with Crippen LogP contribution in [0.1, 0.15) is 47.8 Å². The van der Waals surface area contributed by atoms with E-state index in [1.807, 2.05) is 24.8 Å². The van der Waals surface area contributed by atoms with Crippen molar-refractivity contribution in [2.75, 3.05) is 18.4 Å². The number of amides is 1. The normalized spacial score (nSPS) is 17.8. The molecule has 1 aliphatic heterocycles. The lowest BCUT2D eigenvalue weighted by atomic mass is 9.97. The summed E-state index contributed by atoms with van der Waals surface area (Å²) in [6.07, 6.45) is 2.01. The molecule has 1 unspecified atom stereocenters. The molecular formula is C17H23N5OS. The van der Waals surface area contributed by atoms with E-state index in [1.165, 1.54) is 4.88 Å². The summed E-state index contributed by atoms with van der Waals surface area (Å²) < 4.78 is 0. The molecular weight excluding hydrogens is 322 g/mol. The first-order valence-corrected chi connectivity index (χ1v) is 9.06. The summed E-state index contributed by atoms with van der Waals surface area (Å²) in [5, 5.41) is 4.15. The van der Waals surface area contributed by atoms with E-state index in [9.17, 15) is 4.79 Å². The Hall–Kier alpha value is -2.02. The minimum atomic E-state index is 0.124. The van der Waals surface area contributed by atoms with E-state index < -0.39 is 0 Å². The Labute approximate surface area is 146 Å². The summed E-state index contributed by atoms with van der Waals surface area (Å²) in [6.45, 7) is 9.20. The predicted molar refractivity (Wildman–Crippen MR) is 95.9 cm³/mol. The Balaban J connectivity index is 1.82. The van der Waals surface area contributed by atoms with Gasteiger partial charge in [0.15, 0.2) is 5.13 Å². The van der Waals surface area contributed by atoms with Crippen molar-refractivity contribution >= 4 is 28.2 Å². The van der Waals surface area contributed by atoms with Crippen LogP contribution in [-0.2, 0) is 4.79 Å². The second-order valence-electron chi connectivity index (χ2n) is 6.34. The number of nitrogens with one attached hydrogen (secondary N) is 1. The molecule has 1 fully saturated rings. The number of carbonyl (C=O) groups is 1. The van der Waals surface area contributed by atoms with Crippen LogP contribution in [0.5, 0.6) is 0 Å². The van der Waals surface area contributed by atoms with Gasteiger partial charge in [-0.3, -0.25) is 4.79 Å². The van der Waals surface area contributed by atoms with Crippen molar-refractivity contribution in [3.8, 4) is 0 Å². The van der Waals surface area contributed by atoms with E-state index >= 15 is 0 Å². The van der Waals surface area contributed by atoms with E-state index in [0.29, 0.717) is 6.54 Å². The fourth-order valence-corrected chi connectivity index (χ4v) is 3.77. The highest BCUT2D eigenvalue weighted by atomic mass is 32.1. The van der Waals surface area contributed by atoms with Crippen LogP contribution in [0, 0.1) is 20.8 Å². The van der Waals surface area contributed by atoms with Crippen molar-refractivity contribution in [1.82, 2.24) is 19.9 Å². The first kappa shape index (κ1) is 16.8. The lowest BCUT2D eigenvalue weighted by Crippen LogP contribution is -2.38. The van der Waals surface area contributed by atoms with Gasteiger partial charge in [-0.2, -0.15) is 0 Å². The molecule has 2 aromatic heterocycles. The third-order valence-corrected chi connectivity index (χ3v) is 5.36. The number of nitrogens with zero attached hydrogens (tertiary/aromatic N) is 4. The quantitative estimate of drug-likeness (QED) is 0.924. The topological polar surface area (TPSA) is 71.0 Å². The van der Waals surface area contributed by atoms with Gasteiger partial charge in [0.25, 0.3) is 0 Å². The van der Waals surface area contributed by atoms with Gasteiger partial charge < -0.3 is 10.2 Å². The van der Waals surface area contributed by atoms with E-state index in [0.717, 1.165) is 47.5 Å². The number of anilines is 2. The molecule has 0 bridgehead atoms. The number of aryl methyl sites for hydroxylation is 3. The van der Waals surface area contributed by atoms with Crippen LogP contribution in [0.2, 0.25) is 0 Å². The molecule has 0 spiro atoms. The van der Waals surface area contributed by atoms with Gasteiger partial charge in [0, 0.05) is 42.6 Å². The molecule has 1 aliphatic rings. The van der Waals surface area contributed by atoms with Crippen molar-refractivity contribution in [3.63, 3.8) is 0 Å². The molecule has 1 atom stereocenters. The molecule has 6 nitrogen and oxygen atoms in total. The zero-order chi connectivity index (χ0) is 17.3. The van der Waals surface area contributed by atoms with E-state index in [1.54, 1.807) is 18.3 Å². The molecule has 0 radical (unpaired) electrons. The first-order valence-electron chi connectivity index (χ1n) is 8.24. The van der Waals surface area contributed by atoms with Crippen molar-refractivity contribution < 1.29 is 4.79 Å². The Morgan fingerprint density at radius 2 is 2.08 bits per heavy atom. The molecule has 0 aliphatic carbocycles. The van der Waals surface area contributed by atoms with Crippen LogP contribution in [0.4, 0.5) is 10.9 Å². The van der Waals surface area contributed by atoms with Crippen LogP contribution in [-0.4, -0.2) is 38.8 Å². The van der Waals surface area contributed by atoms with Crippen LogP contribution in [0.3, 0.4) is 0 Å². The average Bonchev–Trinajstić information content (AvgIpc) is 2.84. The summed E-state index contributed by atoms with van der Waals surface area (Å²) >= 11 is 1.63. The smallest absolute Gasteiger partial charge is 0.219 e. The second kappa shape index (κ2) is 6.84. The number of hydrogen-bond acceptors (Lipinski definition) is 6. The van der Waals surface area contributed by atoms with Crippen LogP contribution in [0.15, 0.2) is 6.07 Å². The molecule has 0 saturated carbocycles. The average molecular weight is 345 g/mol. The third kappa shape index (κ3) is 3.72. The van der Waals surface area contributed by atoms with Crippen molar-refractivity contribution in [1.29, 1.82) is 0 Å². The van der Waals surface area contributed by atoms with Crippen molar-refractivity contribution in [2.24, 2.45) is 0 Å². The molecule has 0 aromatic carbocycles. The summed E-state index contributed by atoms with van der Waals surface area (Å²) in [4.78, 5) is 28.5. The van der Waals surface area contributed by atoms with Crippen LogP contribution in [0.25, 0.3) is 0 Å². The maximum Gasteiger partial charge on any atom is 0.219 e. The molecule has 1 amide bonds. The molecule has 24 heavy (non-hydrogen) atoms. The van der Waals surface area contributed by atoms with Gasteiger partial charge in [0.1, 0.15) is 11.6 Å². The largest absolute Gasteiger partial charge is 0.342 e. The van der Waals surface area contributed by atoms with Gasteiger partial charge in [-0.1, -0.05) is 0 Å². The fourth-order valence-electron chi connectivity index (χ4n) is 2.95. The van der Waals surface area contributed by atoms with Gasteiger partial charge >= 0.3 is 0 Å². The fraction of sp³-hybridized carbons (Fsp3) is 0.529. The number of carbonyl (C=O) groups excluding carboxylic acids is 1. The number of thiazole rings is 1. The van der Waals surface area contributed by atoms with Gasteiger partial charge in [0.05, 0.1) is 5.69 Å². The predicted octanol–water partition coefficient (Wildman–Crippen LogP) is 3.33.